The van der Waals surface area contributed by atoms with Gasteiger partial charge in [0.1, 0.15) is 0 Å². The molecule has 0 atom stereocenters. The van der Waals surface area contributed by atoms with Gasteiger partial charge in [-0.3, -0.25) is 10.1 Å². The van der Waals surface area contributed by atoms with E-state index in [-0.39, 0.29) is 0 Å². The molecule has 20 heavy (non-hydrogen) atoms. The van der Waals surface area contributed by atoms with E-state index in [1.807, 2.05) is 24.5 Å². The van der Waals surface area contributed by atoms with Gasteiger partial charge in [-0.2, -0.15) is 5.10 Å². The predicted molar refractivity (Wildman–Crippen MR) is 81.6 cm³/mol. The van der Waals surface area contributed by atoms with Crippen molar-refractivity contribution in [3.8, 4) is 11.1 Å². The molecule has 0 fully saturated rings. The Morgan fingerprint density at radius 1 is 1.00 bits per heavy atom. The lowest BCUT2D eigenvalue weighted by atomic mass is 9.99. The average Bonchev–Trinajstić information content (AvgIpc) is 2.96. The standard InChI is InChI=1S/C17H13N3/c1-11-7-8-18-16-6-5-12(9-14(11)16)13-3-2-4-17-15(13)10-19-20-17/h2-10H,1H3,(H,19,20). The number of pyridine rings is 1. The molecule has 0 unspecified atom stereocenters. The van der Waals surface area contributed by atoms with Gasteiger partial charge in [-0.05, 0) is 47.9 Å². The Balaban J connectivity index is 2.03. The first-order valence-corrected chi connectivity index (χ1v) is 6.61. The molecule has 0 amide bonds. The third kappa shape index (κ3) is 1.60. The van der Waals surface area contributed by atoms with Crippen molar-refractivity contribution in [1.82, 2.24) is 15.2 Å². The van der Waals surface area contributed by atoms with Crippen LogP contribution in [0.1, 0.15) is 5.56 Å². The number of aromatic amines is 1. The Hall–Kier alpha value is -2.68. The van der Waals surface area contributed by atoms with Crippen molar-refractivity contribution >= 4 is 21.8 Å². The van der Waals surface area contributed by atoms with E-state index in [1.54, 1.807) is 0 Å². The highest BCUT2D eigenvalue weighted by Crippen LogP contribution is 2.30. The second-order valence-corrected chi connectivity index (χ2v) is 5.00. The van der Waals surface area contributed by atoms with Gasteiger partial charge in [0.05, 0.1) is 17.2 Å². The third-order valence-corrected chi connectivity index (χ3v) is 3.76. The monoisotopic (exact) mass is 259 g/mol. The molecule has 4 rings (SSSR count). The highest BCUT2D eigenvalue weighted by atomic mass is 15.1. The van der Waals surface area contributed by atoms with Crippen molar-refractivity contribution in [3.63, 3.8) is 0 Å². The summed E-state index contributed by atoms with van der Waals surface area (Å²) < 4.78 is 0. The van der Waals surface area contributed by atoms with E-state index in [0.29, 0.717) is 0 Å². The molecule has 0 bridgehead atoms. The predicted octanol–water partition coefficient (Wildman–Crippen LogP) is 4.09. The molecule has 4 aromatic rings. The average molecular weight is 259 g/mol. The molecule has 0 aliphatic carbocycles. The van der Waals surface area contributed by atoms with E-state index in [4.69, 9.17) is 0 Å². The van der Waals surface area contributed by atoms with Crippen LogP contribution in [0.3, 0.4) is 0 Å². The number of aryl methyl sites for hydroxylation is 1. The minimum Gasteiger partial charge on any atom is -0.278 e. The Morgan fingerprint density at radius 3 is 2.90 bits per heavy atom. The van der Waals surface area contributed by atoms with Crippen molar-refractivity contribution in [2.75, 3.05) is 0 Å². The van der Waals surface area contributed by atoms with Crippen molar-refractivity contribution in [1.29, 1.82) is 0 Å². The van der Waals surface area contributed by atoms with Crippen LogP contribution in [0.4, 0.5) is 0 Å². The SMILES string of the molecule is Cc1ccnc2ccc(-c3cccc4[nH]ncc34)cc12. The molecule has 0 saturated carbocycles. The molecule has 2 aromatic heterocycles. The zero-order chi connectivity index (χ0) is 13.5. The molecular weight excluding hydrogens is 246 g/mol. The van der Waals surface area contributed by atoms with Gasteiger partial charge in [0.25, 0.3) is 0 Å². The normalized spacial score (nSPS) is 11.2. The summed E-state index contributed by atoms with van der Waals surface area (Å²) in [5.41, 5.74) is 5.73. The maximum absolute atomic E-state index is 4.41. The van der Waals surface area contributed by atoms with Crippen molar-refractivity contribution < 1.29 is 0 Å². The summed E-state index contributed by atoms with van der Waals surface area (Å²) in [6, 6.07) is 14.7. The number of benzene rings is 2. The van der Waals surface area contributed by atoms with Crippen LogP contribution in [0.15, 0.2) is 54.9 Å². The summed E-state index contributed by atoms with van der Waals surface area (Å²) in [5.74, 6) is 0. The fraction of sp³-hybridized carbons (Fsp3) is 0.0588. The lowest BCUT2D eigenvalue weighted by molar-refractivity contribution is 1.12. The fourth-order valence-electron chi connectivity index (χ4n) is 2.67. The van der Waals surface area contributed by atoms with E-state index in [2.05, 4.69) is 52.4 Å². The van der Waals surface area contributed by atoms with Crippen LogP contribution in [0.25, 0.3) is 32.9 Å². The van der Waals surface area contributed by atoms with Gasteiger partial charge in [0.15, 0.2) is 0 Å². The molecular formula is C17H13N3. The van der Waals surface area contributed by atoms with E-state index >= 15 is 0 Å². The van der Waals surface area contributed by atoms with Gasteiger partial charge in [0, 0.05) is 17.0 Å². The molecule has 0 radical (unpaired) electrons. The topological polar surface area (TPSA) is 41.6 Å². The van der Waals surface area contributed by atoms with Crippen molar-refractivity contribution in [2.24, 2.45) is 0 Å². The highest BCUT2D eigenvalue weighted by molar-refractivity contribution is 5.97. The summed E-state index contributed by atoms with van der Waals surface area (Å²) >= 11 is 0. The summed E-state index contributed by atoms with van der Waals surface area (Å²) in [6.07, 6.45) is 3.74. The van der Waals surface area contributed by atoms with Crippen molar-refractivity contribution in [2.45, 2.75) is 6.92 Å². The van der Waals surface area contributed by atoms with Crippen molar-refractivity contribution in [3.05, 3.63) is 60.4 Å². The number of hydrogen-bond acceptors (Lipinski definition) is 2. The van der Waals surface area contributed by atoms with E-state index in [9.17, 15) is 0 Å². The first-order valence-electron chi connectivity index (χ1n) is 6.61. The van der Waals surface area contributed by atoms with Crippen LogP contribution in [0, 0.1) is 6.92 Å². The van der Waals surface area contributed by atoms with Crippen LogP contribution in [-0.4, -0.2) is 15.2 Å². The van der Waals surface area contributed by atoms with Gasteiger partial charge >= 0.3 is 0 Å². The highest BCUT2D eigenvalue weighted by Gasteiger charge is 2.07. The second-order valence-electron chi connectivity index (χ2n) is 5.00. The summed E-state index contributed by atoms with van der Waals surface area (Å²) in [4.78, 5) is 4.41. The van der Waals surface area contributed by atoms with Crippen LogP contribution < -0.4 is 0 Å². The number of nitrogens with one attached hydrogen (secondary N) is 1. The Morgan fingerprint density at radius 2 is 1.95 bits per heavy atom. The molecule has 0 aliphatic heterocycles. The van der Waals surface area contributed by atoms with Crippen LogP contribution in [0.2, 0.25) is 0 Å². The Labute approximate surface area is 116 Å². The molecule has 0 aliphatic rings. The fourth-order valence-corrected chi connectivity index (χ4v) is 2.67. The minimum atomic E-state index is 1.04. The third-order valence-electron chi connectivity index (χ3n) is 3.76. The lowest BCUT2D eigenvalue weighted by Gasteiger charge is -2.06. The van der Waals surface area contributed by atoms with Gasteiger partial charge in [-0.15, -0.1) is 0 Å². The van der Waals surface area contributed by atoms with Crippen LogP contribution in [0.5, 0.6) is 0 Å². The number of aromatic nitrogens is 3. The number of hydrogen-bond donors (Lipinski definition) is 1. The Kier molecular flexibility index (Phi) is 2.33. The van der Waals surface area contributed by atoms with Crippen LogP contribution >= 0.6 is 0 Å². The van der Waals surface area contributed by atoms with E-state index < -0.39 is 0 Å². The van der Waals surface area contributed by atoms with Gasteiger partial charge in [0.2, 0.25) is 0 Å². The summed E-state index contributed by atoms with van der Waals surface area (Å²) in [7, 11) is 0. The number of fused-ring (bicyclic) bond motifs is 2. The molecule has 3 heteroatoms. The minimum absolute atomic E-state index is 1.04. The number of H-pyrrole nitrogens is 1. The second kappa shape index (κ2) is 4.17. The van der Waals surface area contributed by atoms with E-state index in [1.165, 1.54) is 22.1 Å². The van der Waals surface area contributed by atoms with Gasteiger partial charge in [-0.25, -0.2) is 0 Å². The molecule has 3 nitrogen and oxygen atoms in total. The number of nitrogens with zero attached hydrogens (tertiary/aromatic N) is 2. The molecule has 0 saturated heterocycles. The van der Waals surface area contributed by atoms with Gasteiger partial charge in [-0.1, -0.05) is 18.2 Å². The zero-order valence-electron chi connectivity index (χ0n) is 11.1. The smallest absolute Gasteiger partial charge is 0.0705 e. The maximum atomic E-state index is 4.41. The Bertz CT molecular complexity index is 922. The molecule has 96 valence electrons. The number of rotatable bonds is 1. The lowest BCUT2D eigenvalue weighted by Crippen LogP contribution is -1.85. The zero-order valence-corrected chi connectivity index (χ0v) is 11.1. The molecule has 2 heterocycles. The molecule has 2 aromatic carbocycles. The molecule has 0 spiro atoms. The summed E-state index contributed by atoms with van der Waals surface area (Å²) in [5, 5.41) is 9.49. The van der Waals surface area contributed by atoms with Gasteiger partial charge < -0.3 is 0 Å². The molecule has 1 N–H and O–H groups in total. The summed E-state index contributed by atoms with van der Waals surface area (Å²) in [6.45, 7) is 2.12. The first kappa shape index (κ1) is 11.2. The quantitative estimate of drug-likeness (QED) is 0.559. The largest absolute Gasteiger partial charge is 0.278 e. The maximum Gasteiger partial charge on any atom is 0.0705 e. The first-order chi connectivity index (χ1) is 9.83. The van der Waals surface area contributed by atoms with Crippen LogP contribution in [-0.2, 0) is 0 Å². The van der Waals surface area contributed by atoms with E-state index in [0.717, 1.165) is 16.4 Å².